The number of aromatic nitrogens is 3. The van der Waals surface area contributed by atoms with Gasteiger partial charge in [0.2, 0.25) is 0 Å². The van der Waals surface area contributed by atoms with Crippen molar-refractivity contribution < 1.29 is 4.42 Å². The highest BCUT2D eigenvalue weighted by atomic mass is 16.3. The summed E-state index contributed by atoms with van der Waals surface area (Å²) in [6.45, 7) is 1.58. The van der Waals surface area contributed by atoms with E-state index < -0.39 is 0 Å². The molecule has 2 aromatic heterocycles. The zero-order valence-electron chi connectivity index (χ0n) is 14.3. The van der Waals surface area contributed by atoms with E-state index in [9.17, 15) is 0 Å². The molecule has 130 valence electrons. The Balaban J connectivity index is 1.29. The number of nitrogens with one attached hydrogen (secondary N) is 2. The zero-order chi connectivity index (χ0) is 17.1. The quantitative estimate of drug-likeness (QED) is 0.559. The van der Waals surface area contributed by atoms with E-state index in [0.29, 0.717) is 6.04 Å². The number of hydrogen-bond donors (Lipinski definition) is 2. The fourth-order valence-corrected chi connectivity index (χ4v) is 3.21. The Labute approximate surface area is 146 Å². The molecule has 0 bridgehead atoms. The highest BCUT2D eigenvalue weighted by molar-refractivity contribution is 5.80. The molecule has 2 N–H and O–H groups in total. The zero-order valence-corrected chi connectivity index (χ0v) is 14.3. The summed E-state index contributed by atoms with van der Waals surface area (Å²) in [5, 5.41) is 12.2. The Kier molecular flexibility index (Phi) is 4.37. The Morgan fingerprint density at radius 2 is 2.32 bits per heavy atom. The largest absolute Gasteiger partial charge is 0.461 e. The van der Waals surface area contributed by atoms with Crippen molar-refractivity contribution in [3.05, 3.63) is 48.2 Å². The summed E-state index contributed by atoms with van der Waals surface area (Å²) in [5.41, 5.74) is 0.936. The Morgan fingerprint density at radius 1 is 1.40 bits per heavy atom. The molecule has 7 heteroatoms. The number of aliphatic imine (C=N–C) groups is 1. The molecule has 0 spiro atoms. The number of aryl methyl sites for hydroxylation is 1. The first-order chi connectivity index (χ1) is 12.3. The molecule has 0 aliphatic carbocycles. The van der Waals surface area contributed by atoms with Crippen molar-refractivity contribution in [3.8, 4) is 0 Å². The van der Waals surface area contributed by atoms with Gasteiger partial charge < -0.3 is 15.1 Å². The normalized spacial score (nSPS) is 17.5. The van der Waals surface area contributed by atoms with Gasteiger partial charge in [-0.2, -0.15) is 5.10 Å². The highest BCUT2D eigenvalue weighted by Gasteiger charge is 2.20. The van der Waals surface area contributed by atoms with Crippen molar-refractivity contribution >= 4 is 16.9 Å². The van der Waals surface area contributed by atoms with Crippen LogP contribution < -0.4 is 10.6 Å². The lowest BCUT2D eigenvalue weighted by Crippen LogP contribution is -2.47. The van der Waals surface area contributed by atoms with Gasteiger partial charge in [0.05, 0.1) is 6.54 Å². The molecule has 4 rings (SSSR count). The van der Waals surface area contributed by atoms with Gasteiger partial charge in [0, 0.05) is 37.9 Å². The van der Waals surface area contributed by atoms with E-state index in [2.05, 4.69) is 37.8 Å². The third-order valence-corrected chi connectivity index (χ3v) is 4.51. The number of furan rings is 1. The molecule has 0 fully saturated rings. The molecule has 0 saturated carbocycles. The Morgan fingerprint density at radius 3 is 3.20 bits per heavy atom. The highest BCUT2D eigenvalue weighted by Crippen LogP contribution is 2.18. The second-order valence-electron chi connectivity index (χ2n) is 6.24. The first-order valence-corrected chi connectivity index (χ1v) is 8.63. The van der Waals surface area contributed by atoms with E-state index in [4.69, 9.17) is 4.42 Å². The SMILES string of the molecule is CN=C(NCCc1cc2ccccc2o1)NC1CCc2ncnn2C1. The maximum absolute atomic E-state index is 5.84. The van der Waals surface area contributed by atoms with Crippen LogP contribution in [0.5, 0.6) is 0 Å². The Hall–Kier alpha value is -2.83. The average Bonchev–Trinajstić information content (AvgIpc) is 3.26. The minimum atomic E-state index is 0.312. The minimum Gasteiger partial charge on any atom is -0.461 e. The van der Waals surface area contributed by atoms with Crippen LogP contribution in [0.4, 0.5) is 0 Å². The van der Waals surface area contributed by atoms with Gasteiger partial charge >= 0.3 is 0 Å². The van der Waals surface area contributed by atoms with E-state index in [1.165, 1.54) is 0 Å². The number of guanidine groups is 1. The molecular formula is C18H22N6O. The second kappa shape index (κ2) is 6.96. The molecule has 3 aromatic rings. The number of hydrogen-bond acceptors (Lipinski definition) is 4. The van der Waals surface area contributed by atoms with E-state index >= 15 is 0 Å². The molecule has 25 heavy (non-hydrogen) atoms. The maximum Gasteiger partial charge on any atom is 0.191 e. The van der Waals surface area contributed by atoms with E-state index in [-0.39, 0.29) is 0 Å². The fraction of sp³-hybridized carbons (Fsp3) is 0.389. The van der Waals surface area contributed by atoms with Crippen LogP contribution >= 0.6 is 0 Å². The first kappa shape index (κ1) is 15.7. The summed E-state index contributed by atoms with van der Waals surface area (Å²) in [6, 6.07) is 10.5. The summed E-state index contributed by atoms with van der Waals surface area (Å²) in [4.78, 5) is 8.58. The van der Waals surface area contributed by atoms with Gasteiger partial charge in [-0.15, -0.1) is 0 Å². The number of rotatable bonds is 4. The number of fused-ring (bicyclic) bond motifs is 2. The summed E-state index contributed by atoms with van der Waals surface area (Å²) < 4.78 is 7.81. The number of para-hydroxylation sites is 1. The van der Waals surface area contributed by atoms with E-state index in [1.807, 2.05) is 22.9 Å². The molecule has 1 atom stereocenters. The summed E-state index contributed by atoms with van der Waals surface area (Å²) in [6.07, 6.45) is 4.40. The standard InChI is InChI=1S/C18H22N6O/c1-19-18(23-14-6-7-17-21-12-22-24(17)11-14)20-9-8-15-10-13-4-2-3-5-16(13)25-15/h2-5,10,12,14H,6-9,11H2,1H3,(H2,19,20,23). The van der Waals surface area contributed by atoms with Crippen molar-refractivity contribution in [1.82, 2.24) is 25.4 Å². The van der Waals surface area contributed by atoms with Crippen LogP contribution in [0.3, 0.4) is 0 Å². The van der Waals surface area contributed by atoms with Crippen molar-refractivity contribution in [2.45, 2.75) is 31.8 Å². The summed E-state index contributed by atoms with van der Waals surface area (Å²) in [5.74, 6) is 2.85. The molecule has 1 unspecified atom stereocenters. The molecule has 0 radical (unpaired) electrons. The van der Waals surface area contributed by atoms with Crippen molar-refractivity contribution in [2.75, 3.05) is 13.6 Å². The van der Waals surface area contributed by atoms with Gasteiger partial charge in [-0.3, -0.25) is 4.99 Å². The topological polar surface area (TPSA) is 80.3 Å². The van der Waals surface area contributed by atoms with Crippen LogP contribution in [0.2, 0.25) is 0 Å². The van der Waals surface area contributed by atoms with E-state index in [1.54, 1.807) is 13.4 Å². The fourth-order valence-electron chi connectivity index (χ4n) is 3.21. The lowest BCUT2D eigenvalue weighted by molar-refractivity contribution is 0.392. The van der Waals surface area contributed by atoms with Gasteiger partial charge in [-0.1, -0.05) is 18.2 Å². The van der Waals surface area contributed by atoms with Crippen LogP contribution in [0, 0.1) is 0 Å². The molecule has 1 aromatic carbocycles. The smallest absolute Gasteiger partial charge is 0.191 e. The van der Waals surface area contributed by atoms with Crippen LogP contribution in [0.25, 0.3) is 11.0 Å². The lowest BCUT2D eigenvalue weighted by Gasteiger charge is -2.25. The molecular weight excluding hydrogens is 316 g/mol. The van der Waals surface area contributed by atoms with Crippen LogP contribution in [-0.4, -0.2) is 40.4 Å². The second-order valence-corrected chi connectivity index (χ2v) is 6.24. The minimum absolute atomic E-state index is 0.312. The van der Waals surface area contributed by atoms with Crippen LogP contribution in [0.1, 0.15) is 18.0 Å². The predicted molar refractivity (Wildman–Crippen MR) is 96.5 cm³/mol. The summed E-state index contributed by atoms with van der Waals surface area (Å²) in [7, 11) is 1.79. The molecule has 1 aliphatic heterocycles. The van der Waals surface area contributed by atoms with Gasteiger partial charge in [0.25, 0.3) is 0 Å². The predicted octanol–water partition coefficient (Wildman–Crippen LogP) is 1.75. The van der Waals surface area contributed by atoms with E-state index in [0.717, 1.165) is 60.9 Å². The monoisotopic (exact) mass is 338 g/mol. The van der Waals surface area contributed by atoms with Crippen LogP contribution in [0.15, 0.2) is 46.1 Å². The third-order valence-electron chi connectivity index (χ3n) is 4.51. The summed E-state index contributed by atoms with van der Waals surface area (Å²) >= 11 is 0. The van der Waals surface area contributed by atoms with Crippen LogP contribution in [-0.2, 0) is 19.4 Å². The van der Waals surface area contributed by atoms with Gasteiger partial charge in [-0.25, -0.2) is 9.67 Å². The Bertz CT molecular complexity index is 847. The van der Waals surface area contributed by atoms with Gasteiger partial charge in [-0.05, 0) is 18.6 Å². The molecule has 0 saturated heterocycles. The molecule has 3 heterocycles. The van der Waals surface area contributed by atoms with Gasteiger partial charge in [0.1, 0.15) is 23.5 Å². The van der Waals surface area contributed by atoms with Crippen molar-refractivity contribution in [2.24, 2.45) is 4.99 Å². The molecule has 7 nitrogen and oxygen atoms in total. The molecule has 0 amide bonds. The third kappa shape index (κ3) is 3.50. The van der Waals surface area contributed by atoms with Gasteiger partial charge in [0.15, 0.2) is 5.96 Å². The van der Waals surface area contributed by atoms with Crippen molar-refractivity contribution in [1.29, 1.82) is 0 Å². The number of benzene rings is 1. The number of nitrogens with zero attached hydrogens (tertiary/aromatic N) is 4. The lowest BCUT2D eigenvalue weighted by atomic mass is 10.1. The molecule has 1 aliphatic rings. The average molecular weight is 338 g/mol. The maximum atomic E-state index is 5.84. The van der Waals surface area contributed by atoms with Crippen molar-refractivity contribution in [3.63, 3.8) is 0 Å². The first-order valence-electron chi connectivity index (χ1n) is 8.63.